The van der Waals surface area contributed by atoms with Gasteiger partial charge in [0.1, 0.15) is 0 Å². The normalized spacial score (nSPS) is 20.6. The number of aromatic nitrogens is 2. The standard InChI is InChI=1S/C18H20F3N3O2/c1-11-6-14(23-22-11)7-13-9-24(10-16(13)25)17(26)8-12-4-2-3-5-15(12)18(19,20)21/h2-6,13,16,25H,7-10H2,1H3,(H,22,23)/t13-,16+/m1/s1. The molecule has 0 saturated carbocycles. The summed E-state index contributed by atoms with van der Waals surface area (Å²) in [5.74, 6) is -0.596. The highest BCUT2D eigenvalue weighted by atomic mass is 19.4. The highest BCUT2D eigenvalue weighted by molar-refractivity contribution is 5.79. The van der Waals surface area contributed by atoms with Crippen molar-refractivity contribution in [3.8, 4) is 0 Å². The second-order valence-corrected chi connectivity index (χ2v) is 6.70. The van der Waals surface area contributed by atoms with Crippen molar-refractivity contribution < 1.29 is 23.1 Å². The van der Waals surface area contributed by atoms with Crippen LogP contribution in [0.1, 0.15) is 22.5 Å². The average molecular weight is 367 g/mol. The number of rotatable bonds is 4. The molecule has 1 amide bonds. The third-order valence-electron chi connectivity index (χ3n) is 4.65. The first-order valence-electron chi connectivity index (χ1n) is 8.36. The lowest BCUT2D eigenvalue weighted by molar-refractivity contribution is -0.138. The van der Waals surface area contributed by atoms with Gasteiger partial charge in [0.05, 0.1) is 23.8 Å². The van der Waals surface area contributed by atoms with Gasteiger partial charge in [0.25, 0.3) is 0 Å². The molecule has 8 heteroatoms. The maximum absolute atomic E-state index is 13.1. The fourth-order valence-corrected chi connectivity index (χ4v) is 3.33. The molecular formula is C18H20F3N3O2. The van der Waals surface area contributed by atoms with Gasteiger partial charge in [0.15, 0.2) is 0 Å². The first-order chi connectivity index (χ1) is 12.2. The molecule has 1 fully saturated rings. The maximum Gasteiger partial charge on any atom is 0.416 e. The summed E-state index contributed by atoms with van der Waals surface area (Å²) < 4.78 is 39.2. The number of nitrogens with one attached hydrogen (secondary N) is 1. The Kier molecular flexibility index (Phi) is 5.04. The zero-order valence-electron chi connectivity index (χ0n) is 14.3. The Bertz CT molecular complexity index is 788. The number of likely N-dealkylation sites (tertiary alicyclic amines) is 1. The molecule has 1 aliphatic rings. The molecule has 2 aromatic rings. The Hall–Kier alpha value is -2.35. The SMILES string of the molecule is Cc1cc(C[C@@H]2CN(C(=O)Cc3ccccc3C(F)(F)F)C[C@@H]2O)n[nH]1. The van der Waals surface area contributed by atoms with E-state index < -0.39 is 23.8 Å². The third kappa shape index (κ3) is 4.07. The van der Waals surface area contributed by atoms with Crippen molar-refractivity contribution in [1.82, 2.24) is 15.1 Å². The first kappa shape index (κ1) is 18.4. The van der Waals surface area contributed by atoms with Gasteiger partial charge in [0.2, 0.25) is 5.91 Å². The van der Waals surface area contributed by atoms with Gasteiger partial charge in [-0.15, -0.1) is 0 Å². The van der Waals surface area contributed by atoms with Crippen molar-refractivity contribution in [2.75, 3.05) is 13.1 Å². The number of carbonyl (C=O) groups excluding carboxylic acids is 1. The van der Waals surface area contributed by atoms with Gasteiger partial charge in [-0.25, -0.2) is 0 Å². The zero-order valence-corrected chi connectivity index (χ0v) is 14.3. The van der Waals surface area contributed by atoms with Gasteiger partial charge in [0, 0.05) is 24.7 Å². The quantitative estimate of drug-likeness (QED) is 0.872. The van der Waals surface area contributed by atoms with Gasteiger partial charge in [-0.05, 0) is 31.0 Å². The number of alkyl halides is 3. The summed E-state index contributed by atoms with van der Waals surface area (Å²) in [6, 6.07) is 6.95. The molecule has 2 N–H and O–H groups in total. The lowest BCUT2D eigenvalue weighted by Gasteiger charge is -2.18. The van der Waals surface area contributed by atoms with Crippen molar-refractivity contribution in [2.24, 2.45) is 5.92 Å². The van der Waals surface area contributed by atoms with E-state index in [-0.39, 0.29) is 24.4 Å². The van der Waals surface area contributed by atoms with Crippen LogP contribution in [-0.4, -0.2) is 45.3 Å². The van der Waals surface area contributed by atoms with E-state index in [1.165, 1.54) is 23.1 Å². The molecule has 2 atom stereocenters. The van der Waals surface area contributed by atoms with Crippen LogP contribution in [0.3, 0.4) is 0 Å². The largest absolute Gasteiger partial charge is 0.416 e. The first-order valence-corrected chi connectivity index (χ1v) is 8.36. The van der Waals surface area contributed by atoms with Crippen LogP contribution in [0.5, 0.6) is 0 Å². The molecule has 140 valence electrons. The molecule has 5 nitrogen and oxygen atoms in total. The lowest BCUT2D eigenvalue weighted by atomic mass is 10.00. The fourth-order valence-electron chi connectivity index (χ4n) is 3.33. The number of carbonyl (C=O) groups is 1. The van der Waals surface area contributed by atoms with Crippen molar-refractivity contribution in [3.63, 3.8) is 0 Å². The van der Waals surface area contributed by atoms with Crippen LogP contribution in [0.4, 0.5) is 13.2 Å². The van der Waals surface area contributed by atoms with E-state index in [1.807, 2.05) is 13.0 Å². The minimum Gasteiger partial charge on any atom is -0.391 e. The predicted octanol–water partition coefficient (Wildman–Crippen LogP) is 2.34. The van der Waals surface area contributed by atoms with E-state index in [1.54, 1.807) is 0 Å². The summed E-state index contributed by atoms with van der Waals surface area (Å²) in [4.78, 5) is 13.9. The monoisotopic (exact) mass is 367 g/mol. The zero-order chi connectivity index (χ0) is 18.9. The minimum absolute atomic E-state index is 0.0501. The maximum atomic E-state index is 13.1. The number of H-pyrrole nitrogens is 1. The number of aryl methyl sites for hydroxylation is 1. The highest BCUT2D eigenvalue weighted by Crippen LogP contribution is 2.32. The summed E-state index contributed by atoms with van der Waals surface area (Å²) in [6.07, 6.45) is -5.04. The van der Waals surface area contributed by atoms with E-state index in [0.29, 0.717) is 13.0 Å². The molecule has 26 heavy (non-hydrogen) atoms. The van der Waals surface area contributed by atoms with Crippen LogP contribution in [0.25, 0.3) is 0 Å². The molecule has 1 saturated heterocycles. The molecular weight excluding hydrogens is 347 g/mol. The van der Waals surface area contributed by atoms with Crippen molar-refractivity contribution in [2.45, 2.75) is 32.0 Å². The topological polar surface area (TPSA) is 69.2 Å². The van der Waals surface area contributed by atoms with Gasteiger partial charge in [-0.3, -0.25) is 9.89 Å². The second-order valence-electron chi connectivity index (χ2n) is 6.70. The smallest absolute Gasteiger partial charge is 0.391 e. The molecule has 0 aliphatic carbocycles. The van der Waals surface area contributed by atoms with Crippen molar-refractivity contribution in [1.29, 1.82) is 0 Å². The van der Waals surface area contributed by atoms with E-state index in [4.69, 9.17) is 0 Å². The molecule has 0 bridgehead atoms. The van der Waals surface area contributed by atoms with Crippen LogP contribution in [0, 0.1) is 12.8 Å². The van der Waals surface area contributed by atoms with Gasteiger partial charge < -0.3 is 10.0 Å². The highest BCUT2D eigenvalue weighted by Gasteiger charge is 2.36. The van der Waals surface area contributed by atoms with E-state index >= 15 is 0 Å². The van der Waals surface area contributed by atoms with Gasteiger partial charge in [-0.2, -0.15) is 18.3 Å². The number of amides is 1. The minimum atomic E-state index is -4.50. The van der Waals surface area contributed by atoms with Crippen molar-refractivity contribution >= 4 is 5.91 Å². The molecule has 1 aliphatic heterocycles. The number of benzene rings is 1. The number of aliphatic hydroxyl groups excluding tert-OH is 1. The Labute approximate surface area is 148 Å². The Morgan fingerprint density at radius 2 is 2.08 bits per heavy atom. The Balaban J connectivity index is 1.66. The summed E-state index contributed by atoms with van der Waals surface area (Å²) >= 11 is 0. The Morgan fingerprint density at radius 3 is 2.73 bits per heavy atom. The average Bonchev–Trinajstić information content (AvgIpc) is 3.13. The summed E-state index contributed by atoms with van der Waals surface area (Å²) in [6.45, 7) is 2.30. The van der Waals surface area contributed by atoms with Crippen LogP contribution >= 0.6 is 0 Å². The van der Waals surface area contributed by atoms with Crippen LogP contribution in [-0.2, 0) is 23.8 Å². The number of aromatic amines is 1. The van der Waals surface area contributed by atoms with Crippen LogP contribution in [0.2, 0.25) is 0 Å². The van der Waals surface area contributed by atoms with Crippen LogP contribution in [0.15, 0.2) is 30.3 Å². The van der Waals surface area contributed by atoms with Crippen LogP contribution < -0.4 is 0 Å². The van der Waals surface area contributed by atoms with E-state index in [0.717, 1.165) is 17.5 Å². The number of hydrogen-bond donors (Lipinski definition) is 2. The van der Waals surface area contributed by atoms with E-state index in [9.17, 15) is 23.1 Å². The summed E-state index contributed by atoms with van der Waals surface area (Å²) in [7, 11) is 0. The van der Waals surface area contributed by atoms with E-state index in [2.05, 4.69) is 10.2 Å². The summed E-state index contributed by atoms with van der Waals surface area (Å²) in [5.41, 5.74) is 0.856. The third-order valence-corrected chi connectivity index (χ3v) is 4.65. The number of aliphatic hydroxyl groups is 1. The number of halogens is 3. The molecule has 0 spiro atoms. The number of hydrogen-bond acceptors (Lipinski definition) is 3. The predicted molar refractivity (Wildman–Crippen MR) is 88.3 cm³/mol. The molecule has 2 heterocycles. The molecule has 1 aromatic heterocycles. The molecule has 1 aromatic carbocycles. The second kappa shape index (κ2) is 7.11. The summed E-state index contributed by atoms with van der Waals surface area (Å²) in [5, 5.41) is 17.2. The number of nitrogens with zero attached hydrogens (tertiary/aromatic N) is 2. The molecule has 3 rings (SSSR count). The molecule has 0 radical (unpaired) electrons. The van der Waals surface area contributed by atoms with Gasteiger partial charge in [-0.1, -0.05) is 18.2 Å². The lowest BCUT2D eigenvalue weighted by Crippen LogP contribution is -2.31. The molecule has 0 unspecified atom stereocenters. The van der Waals surface area contributed by atoms with Gasteiger partial charge >= 0.3 is 6.18 Å². The fraction of sp³-hybridized carbons (Fsp3) is 0.444. The number of β-amino-alcohol motifs (C(OH)–C–C–N with tert-alkyl or cyclic N) is 1. The Morgan fingerprint density at radius 1 is 1.35 bits per heavy atom. The van der Waals surface area contributed by atoms with Crippen molar-refractivity contribution in [3.05, 3.63) is 52.8 Å².